The fourth-order valence-corrected chi connectivity index (χ4v) is 7.53. The molecule has 0 saturated heterocycles. The van der Waals surface area contributed by atoms with Gasteiger partial charge in [0.05, 0.1) is 228 Å². The number of hydrogen-bond donors (Lipinski definition) is 1. The molecule has 28 nitrogen and oxygen atoms in total. The Morgan fingerprint density at radius 2 is 0.505 bits per heavy atom. The third kappa shape index (κ3) is 71.9. The zero-order chi connectivity index (χ0) is 83.0. The summed E-state index contributed by atoms with van der Waals surface area (Å²) in [6.45, 7) is 34.4. The Bertz CT molecular complexity index is 1990. The second kappa shape index (κ2) is 80.7. The summed E-state index contributed by atoms with van der Waals surface area (Å²) >= 11 is 0. The molecule has 111 heavy (non-hydrogen) atoms. The van der Waals surface area contributed by atoms with Crippen molar-refractivity contribution in [2.45, 2.75) is 143 Å². The molecular formula is C74H139F9O28. The van der Waals surface area contributed by atoms with Gasteiger partial charge in [0.2, 0.25) is 0 Å². The molecule has 0 aliphatic carbocycles. The Balaban J connectivity index is -0.00000174. The van der Waals surface area contributed by atoms with Gasteiger partial charge in [0.1, 0.15) is 6.61 Å². The van der Waals surface area contributed by atoms with E-state index in [2.05, 4.69) is 4.74 Å². The summed E-state index contributed by atoms with van der Waals surface area (Å²) in [5.74, 6) is -21.5. The van der Waals surface area contributed by atoms with E-state index in [1.807, 2.05) is 34.6 Å². The molecule has 0 heterocycles. The maximum atomic E-state index is 13.0. The molecule has 2 unspecified atom stereocenters. The lowest BCUT2D eigenvalue weighted by Gasteiger charge is -2.33. The van der Waals surface area contributed by atoms with E-state index in [-0.39, 0.29) is 37.5 Å². The van der Waals surface area contributed by atoms with Crippen LogP contribution in [0.4, 0.5) is 39.5 Å². The molecule has 0 aliphatic heterocycles. The molecule has 0 radical (unpaired) electrons. The van der Waals surface area contributed by atoms with Gasteiger partial charge in [-0.05, 0) is 71.6 Å². The van der Waals surface area contributed by atoms with Gasteiger partial charge >= 0.3 is 41.9 Å². The van der Waals surface area contributed by atoms with Crippen LogP contribution in [0.15, 0.2) is 0 Å². The normalized spacial score (nSPS) is 12.7. The zero-order valence-electron chi connectivity index (χ0n) is 67.6. The molecule has 2 atom stereocenters. The third-order valence-electron chi connectivity index (χ3n) is 15.1. The van der Waals surface area contributed by atoms with Gasteiger partial charge < -0.3 is 119 Å². The minimum atomic E-state index is -6.93. The number of alkyl halides is 9. The van der Waals surface area contributed by atoms with E-state index in [4.69, 9.17) is 114 Å². The van der Waals surface area contributed by atoms with Crippen LogP contribution < -0.4 is 0 Å². The third-order valence-corrected chi connectivity index (χ3v) is 15.1. The summed E-state index contributed by atoms with van der Waals surface area (Å²) in [5.41, 5.74) is -0.460. The molecule has 0 aliphatic rings. The van der Waals surface area contributed by atoms with Crippen molar-refractivity contribution in [2.24, 2.45) is 17.3 Å². The number of hydrogen-bond acceptors (Lipinski definition) is 28. The minimum absolute atomic E-state index is 0.0278. The molecule has 0 fully saturated rings. The fraction of sp³-hybridized carbons (Fsp3) is 0.959. The number of esters is 3. The van der Waals surface area contributed by atoms with Gasteiger partial charge in [-0.2, -0.15) is 39.5 Å². The Morgan fingerprint density at radius 1 is 0.288 bits per heavy atom. The Morgan fingerprint density at radius 3 is 0.730 bits per heavy atom. The van der Waals surface area contributed by atoms with E-state index in [9.17, 15) is 53.9 Å². The topological polar surface area (TPSA) is 293 Å². The number of carbonyl (C=O) groups excluding carboxylic acids is 3. The first-order valence-corrected chi connectivity index (χ1v) is 38.7. The van der Waals surface area contributed by atoms with E-state index in [1.165, 1.54) is 13.8 Å². The maximum absolute atomic E-state index is 13.0. The van der Waals surface area contributed by atoms with Gasteiger partial charge in [0, 0.05) is 99.4 Å². The van der Waals surface area contributed by atoms with Gasteiger partial charge in [0.15, 0.2) is 0 Å². The highest BCUT2D eigenvalue weighted by Crippen LogP contribution is 2.54. The summed E-state index contributed by atoms with van der Waals surface area (Å²) in [7, 11) is 1.64. The molecule has 0 bridgehead atoms. The van der Waals surface area contributed by atoms with Gasteiger partial charge in [0.25, 0.3) is 0 Å². The Labute approximate surface area is 653 Å². The van der Waals surface area contributed by atoms with E-state index < -0.39 is 54.3 Å². The first kappa shape index (κ1) is 112. The summed E-state index contributed by atoms with van der Waals surface area (Å²) in [6.07, 6.45) is -1.44. The van der Waals surface area contributed by atoms with Crippen LogP contribution in [0.1, 0.15) is 119 Å². The Hall–Kier alpha value is -3.10. The molecule has 37 heteroatoms. The molecule has 0 rings (SSSR count). The Kier molecular flexibility index (Phi) is 81.4. The SMILES string of the molecule is CCC(C)(C)C(=O)OCCOCCOCCOCCOCCOCCOCCOCCOCCOCCOCCOCCOCCOCCOCCOC.CCC(C)C(=O)OCCC(F)(F)C(F)(F)C(F)(F)C(F)(F)F.CCC(C)C(=O)OCCCOCCCOCCCOCCCOCCCOCCCOCCCO. The fourth-order valence-electron chi connectivity index (χ4n) is 7.53. The van der Waals surface area contributed by atoms with E-state index >= 15 is 0 Å². The van der Waals surface area contributed by atoms with Gasteiger partial charge in [-0.25, -0.2) is 0 Å². The molecule has 666 valence electrons. The second-order valence-corrected chi connectivity index (χ2v) is 24.9. The van der Waals surface area contributed by atoms with Crippen molar-refractivity contribution in [2.75, 3.05) is 304 Å². The van der Waals surface area contributed by atoms with Gasteiger partial charge in [-0.3, -0.25) is 14.4 Å². The number of aliphatic hydroxyl groups is 1. The van der Waals surface area contributed by atoms with Crippen LogP contribution in [0.25, 0.3) is 0 Å². The van der Waals surface area contributed by atoms with E-state index in [0.717, 1.165) is 51.4 Å². The highest BCUT2D eigenvalue weighted by atomic mass is 19.4. The lowest BCUT2D eigenvalue weighted by atomic mass is 9.91. The monoisotopic (exact) mass is 1650 g/mol. The molecular weight excluding hydrogens is 1510 g/mol. The molecule has 0 amide bonds. The van der Waals surface area contributed by atoms with E-state index in [1.54, 1.807) is 7.11 Å². The van der Waals surface area contributed by atoms with Crippen molar-refractivity contribution in [1.82, 2.24) is 0 Å². The van der Waals surface area contributed by atoms with Crippen molar-refractivity contribution in [1.29, 1.82) is 0 Å². The number of halogens is 9. The number of rotatable bonds is 83. The molecule has 0 aromatic rings. The van der Waals surface area contributed by atoms with Crippen LogP contribution >= 0.6 is 0 Å². The minimum Gasteiger partial charge on any atom is -0.465 e. The summed E-state index contributed by atoms with van der Waals surface area (Å²) in [6, 6.07) is 0. The second-order valence-electron chi connectivity index (χ2n) is 24.9. The van der Waals surface area contributed by atoms with E-state index in [0.29, 0.717) is 284 Å². The van der Waals surface area contributed by atoms with Crippen molar-refractivity contribution in [3.63, 3.8) is 0 Å². The lowest BCUT2D eigenvalue weighted by molar-refractivity contribution is -0.397. The zero-order valence-corrected chi connectivity index (χ0v) is 67.6. The van der Waals surface area contributed by atoms with Gasteiger partial charge in [-0.15, -0.1) is 0 Å². The van der Waals surface area contributed by atoms with Crippen molar-refractivity contribution < 1.29 is 173 Å². The predicted molar refractivity (Wildman–Crippen MR) is 389 cm³/mol. The largest absolute Gasteiger partial charge is 0.465 e. The van der Waals surface area contributed by atoms with Crippen molar-refractivity contribution in [3.05, 3.63) is 0 Å². The molecule has 0 spiro atoms. The standard InChI is InChI=1S/C37H74O17.C26H52O9.C11H13F9O2/c1-5-37(2,3)36(38)54-35-34-53-33-32-52-31-30-51-29-28-50-27-26-49-25-24-48-23-22-47-21-20-46-19-18-45-17-16-44-15-14-43-13-12-42-11-10-41-9-8-40-7-6-39-4;1-3-25(2)26(28)35-24-10-23-34-22-9-21-33-20-8-19-32-18-7-17-31-16-6-15-30-14-5-13-29-12-4-11-27;1-3-6(2)7(21)22-5-4-8(12,13)9(14,15)10(16,17)11(18,19)20/h5-35H2,1-4H3;25,27H,3-24H2,1-2H3;6H,3-5H2,1-2H3. The average molecular weight is 1650 g/mol. The van der Waals surface area contributed by atoms with Crippen LogP contribution in [0, 0.1) is 17.3 Å². The smallest absolute Gasteiger partial charge is 0.460 e. The van der Waals surface area contributed by atoms with Crippen LogP contribution in [0.5, 0.6) is 0 Å². The van der Waals surface area contributed by atoms with Crippen LogP contribution in [0.2, 0.25) is 0 Å². The molecule has 0 aromatic carbocycles. The lowest BCUT2D eigenvalue weighted by Crippen LogP contribution is -2.61. The summed E-state index contributed by atoms with van der Waals surface area (Å²) < 4.78 is 241. The van der Waals surface area contributed by atoms with Crippen LogP contribution in [-0.2, 0) is 128 Å². The first-order valence-electron chi connectivity index (χ1n) is 38.7. The highest BCUT2D eigenvalue weighted by Gasteiger charge is 2.81. The summed E-state index contributed by atoms with van der Waals surface area (Å²) in [4.78, 5) is 34.4. The van der Waals surface area contributed by atoms with Crippen LogP contribution in [0.3, 0.4) is 0 Å². The summed E-state index contributed by atoms with van der Waals surface area (Å²) in [5, 5.41) is 8.64. The highest BCUT2D eigenvalue weighted by molar-refractivity contribution is 5.75. The number of ether oxygens (including phenoxy) is 24. The molecule has 0 aromatic heterocycles. The quantitative estimate of drug-likeness (QED) is 0.0256. The van der Waals surface area contributed by atoms with Gasteiger partial charge in [-0.1, -0.05) is 34.6 Å². The predicted octanol–water partition coefficient (Wildman–Crippen LogP) is 9.68. The van der Waals surface area contributed by atoms with Crippen molar-refractivity contribution in [3.8, 4) is 0 Å². The average Bonchev–Trinajstić information content (AvgIpc) is 0.747. The number of carbonyl (C=O) groups is 3. The van der Waals surface area contributed by atoms with Crippen molar-refractivity contribution >= 4 is 17.9 Å². The number of aliphatic hydroxyl groups excluding tert-OH is 1. The first-order chi connectivity index (χ1) is 53.4. The number of methoxy groups -OCH3 is 1. The van der Waals surface area contributed by atoms with Crippen LogP contribution in [-0.4, -0.2) is 351 Å². The maximum Gasteiger partial charge on any atom is 0.460 e. The molecule has 0 saturated carbocycles. The molecule has 1 N–H and O–H groups in total.